The van der Waals surface area contributed by atoms with E-state index in [1.165, 1.54) is 17.2 Å². The highest BCUT2D eigenvalue weighted by Crippen LogP contribution is 2.21. The molecule has 2 rings (SSSR count). The summed E-state index contributed by atoms with van der Waals surface area (Å²) >= 11 is 0. The maximum Gasteiger partial charge on any atom is 0.349 e. The van der Waals surface area contributed by atoms with Crippen LogP contribution < -0.4 is 0 Å². The molecule has 0 bridgehead atoms. The minimum Gasteiger partial charge on any atom is -0.465 e. The average Bonchev–Trinajstić information content (AvgIpc) is 3.26. The quantitative estimate of drug-likeness (QED) is 0.391. The molecular formula is C18H22N2O6S. The Hall–Kier alpha value is -2.60. The highest BCUT2D eigenvalue weighted by Gasteiger charge is 2.36. The van der Waals surface area contributed by atoms with Crippen LogP contribution in [0.1, 0.15) is 32.4 Å². The summed E-state index contributed by atoms with van der Waals surface area (Å²) in [7, 11) is -3.16. The van der Waals surface area contributed by atoms with Gasteiger partial charge in [-0.25, -0.2) is 13.2 Å². The van der Waals surface area contributed by atoms with E-state index in [1.807, 2.05) is 13.8 Å². The van der Waals surface area contributed by atoms with Crippen molar-refractivity contribution in [1.82, 2.24) is 4.90 Å². The predicted molar refractivity (Wildman–Crippen MR) is 96.9 cm³/mol. The summed E-state index contributed by atoms with van der Waals surface area (Å²) < 4.78 is 33.5. The zero-order chi connectivity index (χ0) is 20.0. The van der Waals surface area contributed by atoms with Crippen LogP contribution in [0.4, 0.5) is 0 Å². The second-order valence-electron chi connectivity index (χ2n) is 6.38. The Morgan fingerprint density at radius 1 is 1.52 bits per heavy atom. The van der Waals surface area contributed by atoms with Crippen molar-refractivity contribution in [3.8, 4) is 6.07 Å². The molecule has 1 saturated heterocycles. The van der Waals surface area contributed by atoms with Gasteiger partial charge in [-0.3, -0.25) is 4.79 Å². The van der Waals surface area contributed by atoms with Gasteiger partial charge in [-0.1, -0.05) is 6.92 Å². The largest absolute Gasteiger partial charge is 0.465 e. The van der Waals surface area contributed by atoms with Gasteiger partial charge in [-0.05, 0) is 31.9 Å². The molecule has 146 valence electrons. The minimum atomic E-state index is -3.16. The van der Waals surface area contributed by atoms with Gasteiger partial charge < -0.3 is 14.1 Å². The van der Waals surface area contributed by atoms with E-state index in [0.29, 0.717) is 18.6 Å². The monoisotopic (exact) mass is 394 g/mol. The van der Waals surface area contributed by atoms with Crippen LogP contribution in [0.3, 0.4) is 0 Å². The molecule has 1 aromatic rings. The third-order valence-electron chi connectivity index (χ3n) is 4.45. The van der Waals surface area contributed by atoms with E-state index in [4.69, 9.17) is 14.4 Å². The lowest BCUT2D eigenvalue weighted by molar-refractivity contribution is -0.150. The zero-order valence-electron chi connectivity index (χ0n) is 15.3. The van der Waals surface area contributed by atoms with Gasteiger partial charge in [0.15, 0.2) is 16.4 Å². The molecule has 0 unspecified atom stereocenters. The molecule has 0 spiro atoms. The molecule has 2 atom stereocenters. The number of carbonyl (C=O) groups excluding carboxylic acids is 2. The summed E-state index contributed by atoms with van der Waals surface area (Å²) in [5, 5.41) is 9.10. The number of nitriles is 1. The van der Waals surface area contributed by atoms with E-state index in [9.17, 15) is 18.0 Å². The first kappa shape index (κ1) is 20.7. The van der Waals surface area contributed by atoms with Gasteiger partial charge in [0.2, 0.25) is 0 Å². The summed E-state index contributed by atoms with van der Waals surface area (Å²) in [6.07, 6.45) is 3.63. The van der Waals surface area contributed by atoms with Crippen molar-refractivity contribution in [3.63, 3.8) is 0 Å². The van der Waals surface area contributed by atoms with E-state index >= 15 is 0 Å². The third kappa shape index (κ3) is 5.44. The summed E-state index contributed by atoms with van der Waals surface area (Å²) in [6, 6.07) is 4.28. The van der Waals surface area contributed by atoms with Crippen LogP contribution in [-0.2, 0) is 24.2 Å². The predicted octanol–water partition coefficient (Wildman–Crippen LogP) is 1.54. The van der Waals surface area contributed by atoms with Crippen LogP contribution in [-0.4, -0.2) is 55.4 Å². The molecule has 27 heavy (non-hydrogen) atoms. The van der Waals surface area contributed by atoms with Crippen molar-refractivity contribution in [1.29, 1.82) is 5.26 Å². The second kappa shape index (κ2) is 8.86. The first-order valence-corrected chi connectivity index (χ1v) is 10.4. The molecule has 9 heteroatoms. The number of sulfone groups is 1. The van der Waals surface area contributed by atoms with Gasteiger partial charge in [0.05, 0.1) is 17.8 Å². The molecule has 1 fully saturated rings. The Morgan fingerprint density at radius 2 is 2.26 bits per heavy atom. The number of ether oxygens (including phenoxy) is 1. The maximum absolute atomic E-state index is 12.6. The van der Waals surface area contributed by atoms with Gasteiger partial charge in [0.1, 0.15) is 17.4 Å². The molecule has 1 amide bonds. The zero-order valence-corrected chi connectivity index (χ0v) is 16.1. The smallest absolute Gasteiger partial charge is 0.349 e. The minimum absolute atomic E-state index is 0.0438. The fourth-order valence-electron chi connectivity index (χ4n) is 2.93. The molecule has 1 aliphatic rings. The Bertz CT molecular complexity index is 851. The molecular weight excluding hydrogens is 372 g/mol. The topological polar surface area (TPSA) is 118 Å². The van der Waals surface area contributed by atoms with Gasteiger partial charge in [-0.2, -0.15) is 5.26 Å². The number of amides is 1. The molecule has 8 nitrogen and oxygen atoms in total. The maximum atomic E-state index is 12.6. The summed E-state index contributed by atoms with van der Waals surface area (Å²) in [5.74, 6) is -1.14. The number of hydrogen-bond donors (Lipinski definition) is 0. The van der Waals surface area contributed by atoms with Gasteiger partial charge >= 0.3 is 5.97 Å². The van der Waals surface area contributed by atoms with Crippen molar-refractivity contribution in [3.05, 3.63) is 29.7 Å². The Morgan fingerprint density at radius 3 is 2.78 bits per heavy atom. The Balaban J connectivity index is 2.04. The number of rotatable bonds is 7. The standard InChI is InChI=1S/C18H22N2O6S/c1-3-13(2)20(15-6-8-27(23,24)12-15)17(21)11-26-18(22)14(10-19)9-16-5-4-7-25-16/h4-5,7,9,13,15H,3,6,8,11-12H2,1-2H3/b14-9+/t13-,15+/m0/s1. The van der Waals surface area contributed by atoms with Crippen LogP contribution in [0.2, 0.25) is 0 Å². The lowest BCUT2D eigenvalue weighted by Crippen LogP contribution is -2.48. The highest BCUT2D eigenvalue weighted by molar-refractivity contribution is 7.91. The van der Waals surface area contributed by atoms with Gasteiger partial charge in [0.25, 0.3) is 5.91 Å². The number of esters is 1. The first-order chi connectivity index (χ1) is 12.8. The fraction of sp³-hybridized carbons (Fsp3) is 0.500. The summed E-state index contributed by atoms with van der Waals surface area (Å²) in [4.78, 5) is 26.2. The van der Waals surface area contributed by atoms with E-state index in [2.05, 4.69) is 0 Å². The lowest BCUT2D eigenvalue weighted by Gasteiger charge is -2.33. The molecule has 0 saturated carbocycles. The van der Waals surface area contributed by atoms with Crippen molar-refractivity contribution in [2.24, 2.45) is 0 Å². The number of furan rings is 1. The molecule has 0 aromatic carbocycles. The van der Waals surface area contributed by atoms with Crippen LogP contribution >= 0.6 is 0 Å². The highest BCUT2D eigenvalue weighted by atomic mass is 32.2. The molecule has 1 aromatic heterocycles. The Kier molecular flexibility index (Phi) is 6.80. The molecule has 0 radical (unpaired) electrons. The normalized spacial score (nSPS) is 19.9. The van der Waals surface area contributed by atoms with Crippen LogP contribution in [0, 0.1) is 11.3 Å². The van der Waals surface area contributed by atoms with Crippen molar-refractivity contribution in [2.75, 3.05) is 18.1 Å². The first-order valence-electron chi connectivity index (χ1n) is 8.61. The Labute approximate surface area is 158 Å². The molecule has 1 aliphatic heterocycles. The fourth-order valence-corrected chi connectivity index (χ4v) is 4.64. The second-order valence-corrected chi connectivity index (χ2v) is 8.61. The number of hydrogen-bond acceptors (Lipinski definition) is 7. The summed E-state index contributed by atoms with van der Waals surface area (Å²) in [6.45, 7) is 3.15. The third-order valence-corrected chi connectivity index (χ3v) is 6.20. The van der Waals surface area contributed by atoms with Crippen LogP contribution in [0.5, 0.6) is 0 Å². The van der Waals surface area contributed by atoms with Gasteiger partial charge in [0, 0.05) is 18.2 Å². The van der Waals surface area contributed by atoms with E-state index in [0.717, 1.165) is 0 Å². The van der Waals surface area contributed by atoms with Gasteiger partial charge in [-0.15, -0.1) is 0 Å². The van der Waals surface area contributed by atoms with Crippen molar-refractivity contribution < 1.29 is 27.2 Å². The molecule has 2 heterocycles. The average molecular weight is 394 g/mol. The van der Waals surface area contributed by atoms with Crippen LogP contribution in [0.25, 0.3) is 6.08 Å². The number of carbonyl (C=O) groups is 2. The van der Waals surface area contributed by atoms with Crippen molar-refractivity contribution >= 4 is 27.8 Å². The molecule has 0 aliphatic carbocycles. The molecule has 0 N–H and O–H groups in total. The van der Waals surface area contributed by atoms with E-state index in [-0.39, 0.29) is 23.1 Å². The van der Waals surface area contributed by atoms with E-state index in [1.54, 1.807) is 18.2 Å². The SMILES string of the molecule is CC[C@H](C)N(C(=O)COC(=O)/C(C#N)=C/c1ccco1)[C@@H]1CCS(=O)(=O)C1. The summed E-state index contributed by atoms with van der Waals surface area (Å²) in [5.41, 5.74) is -0.295. The van der Waals surface area contributed by atoms with Crippen LogP contribution in [0.15, 0.2) is 28.4 Å². The number of nitrogens with zero attached hydrogens (tertiary/aromatic N) is 2. The van der Waals surface area contributed by atoms with Crippen molar-refractivity contribution in [2.45, 2.75) is 38.8 Å². The van der Waals surface area contributed by atoms with E-state index < -0.39 is 34.4 Å². The lowest BCUT2D eigenvalue weighted by atomic mass is 10.1.